The van der Waals surface area contributed by atoms with E-state index < -0.39 is 4.92 Å². The molecule has 1 amide bonds. The van der Waals surface area contributed by atoms with Gasteiger partial charge in [-0.3, -0.25) is 24.8 Å². The molecule has 1 aliphatic heterocycles. The molecule has 0 unspecified atom stereocenters. The highest BCUT2D eigenvalue weighted by Crippen LogP contribution is 2.23. The number of hydrogen-bond donors (Lipinski definition) is 1. The van der Waals surface area contributed by atoms with E-state index in [1.165, 1.54) is 6.20 Å². The van der Waals surface area contributed by atoms with Crippen LogP contribution in [0.1, 0.15) is 18.2 Å². The summed E-state index contributed by atoms with van der Waals surface area (Å²) in [5, 5.41) is 13.8. The standard InChI is InChI=1S/C17H17BrN4O3/c1-11(17(23)20-14-4-2-3-13(18)8-14)21-6-5-16-12(10-21)7-15(9-19-16)22(24)25/h2-4,7-9,11H,5-6,10H2,1H3,(H,20,23)/t11-/m0/s1. The van der Waals surface area contributed by atoms with Crippen molar-refractivity contribution in [1.29, 1.82) is 0 Å². The molecular formula is C17H17BrN4O3. The Morgan fingerprint density at radius 3 is 2.96 bits per heavy atom. The number of benzene rings is 1. The summed E-state index contributed by atoms with van der Waals surface area (Å²) in [6, 6.07) is 8.60. The maximum atomic E-state index is 12.5. The van der Waals surface area contributed by atoms with E-state index in [-0.39, 0.29) is 17.6 Å². The largest absolute Gasteiger partial charge is 0.325 e. The fourth-order valence-electron chi connectivity index (χ4n) is 2.84. The van der Waals surface area contributed by atoms with E-state index in [1.807, 2.05) is 36.1 Å². The molecule has 0 spiro atoms. The number of nitrogens with one attached hydrogen (secondary N) is 1. The van der Waals surface area contributed by atoms with Gasteiger partial charge in [0, 0.05) is 41.4 Å². The van der Waals surface area contributed by atoms with Crippen LogP contribution in [0.4, 0.5) is 11.4 Å². The van der Waals surface area contributed by atoms with Gasteiger partial charge in [0.2, 0.25) is 5.91 Å². The number of fused-ring (bicyclic) bond motifs is 1. The second-order valence-electron chi connectivity index (χ2n) is 5.95. The molecule has 25 heavy (non-hydrogen) atoms. The van der Waals surface area contributed by atoms with Gasteiger partial charge in [-0.05, 0) is 30.7 Å². The summed E-state index contributed by atoms with van der Waals surface area (Å²) < 4.78 is 0.892. The van der Waals surface area contributed by atoms with Gasteiger partial charge in [-0.25, -0.2) is 0 Å². The van der Waals surface area contributed by atoms with Crippen LogP contribution < -0.4 is 5.32 Å². The first-order valence-electron chi connectivity index (χ1n) is 7.86. The third-order valence-electron chi connectivity index (χ3n) is 4.28. The molecule has 130 valence electrons. The van der Waals surface area contributed by atoms with Gasteiger partial charge in [-0.1, -0.05) is 22.0 Å². The molecule has 0 saturated heterocycles. The van der Waals surface area contributed by atoms with Crippen LogP contribution in [-0.4, -0.2) is 33.3 Å². The van der Waals surface area contributed by atoms with Crippen LogP contribution in [-0.2, 0) is 17.8 Å². The lowest BCUT2D eigenvalue weighted by Crippen LogP contribution is -2.44. The second kappa shape index (κ2) is 7.28. The van der Waals surface area contributed by atoms with E-state index in [4.69, 9.17) is 0 Å². The Morgan fingerprint density at radius 2 is 2.24 bits per heavy atom. The van der Waals surface area contributed by atoms with Crippen LogP contribution in [0.25, 0.3) is 0 Å². The molecule has 1 N–H and O–H groups in total. The number of rotatable bonds is 4. The van der Waals surface area contributed by atoms with Gasteiger partial charge in [0.1, 0.15) is 6.20 Å². The first-order valence-corrected chi connectivity index (χ1v) is 8.66. The fraction of sp³-hybridized carbons (Fsp3) is 0.294. The number of carbonyl (C=O) groups is 1. The second-order valence-corrected chi connectivity index (χ2v) is 6.87. The van der Waals surface area contributed by atoms with Crippen molar-refractivity contribution in [2.75, 3.05) is 11.9 Å². The molecule has 1 aromatic heterocycles. The summed E-state index contributed by atoms with van der Waals surface area (Å²) >= 11 is 3.38. The van der Waals surface area contributed by atoms with Crippen molar-refractivity contribution >= 4 is 33.2 Å². The summed E-state index contributed by atoms with van der Waals surface area (Å²) in [7, 11) is 0. The summed E-state index contributed by atoms with van der Waals surface area (Å²) in [5.41, 5.74) is 2.37. The number of hydrogen-bond acceptors (Lipinski definition) is 5. The number of halogens is 1. The van der Waals surface area contributed by atoms with Gasteiger partial charge < -0.3 is 5.32 Å². The number of carbonyl (C=O) groups excluding carboxylic acids is 1. The van der Waals surface area contributed by atoms with Crippen LogP contribution in [0, 0.1) is 10.1 Å². The molecule has 0 saturated carbocycles. The quantitative estimate of drug-likeness (QED) is 0.624. The van der Waals surface area contributed by atoms with Crippen molar-refractivity contribution in [2.45, 2.75) is 25.9 Å². The van der Waals surface area contributed by atoms with Crippen molar-refractivity contribution in [3.63, 3.8) is 0 Å². The topological polar surface area (TPSA) is 88.4 Å². The Hall–Kier alpha value is -2.32. The molecule has 1 aliphatic rings. The van der Waals surface area contributed by atoms with Gasteiger partial charge in [0.15, 0.2) is 0 Å². The van der Waals surface area contributed by atoms with Gasteiger partial charge in [-0.2, -0.15) is 0 Å². The predicted octanol–water partition coefficient (Wildman–Crippen LogP) is 3.14. The highest BCUT2D eigenvalue weighted by Gasteiger charge is 2.27. The van der Waals surface area contributed by atoms with Gasteiger partial charge in [0.05, 0.1) is 11.0 Å². The van der Waals surface area contributed by atoms with E-state index in [9.17, 15) is 14.9 Å². The number of amides is 1. The minimum absolute atomic E-state index is 0.0214. The normalized spacial score (nSPS) is 15.3. The smallest absolute Gasteiger partial charge is 0.287 e. The number of pyridine rings is 1. The van der Waals surface area contributed by atoms with Crippen molar-refractivity contribution in [2.24, 2.45) is 0 Å². The van der Waals surface area contributed by atoms with Gasteiger partial charge in [-0.15, -0.1) is 0 Å². The minimum atomic E-state index is -0.449. The zero-order chi connectivity index (χ0) is 18.0. The molecule has 2 aromatic rings. The summed E-state index contributed by atoms with van der Waals surface area (Å²) in [4.78, 5) is 29.2. The zero-order valence-electron chi connectivity index (χ0n) is 13.6. The minimum Gasteiger partial charge on any atom is -0.325 e. The molecule has 0 bridgehead atoms. The van der Waals surface area contributed by atoms with E-state index >= 15 is 0 Å². The average Bonchev–Trinajstić information content (AvgIpc) is 2.60. The van der Waals surface area contributed by atoms with E-state index in [2.05, 4.69) is 26.2 Å². The Kier molecular flexibility index (Phi) is 5.10. The maximum Gasteiger partial charge on any atom is 0.287 e. The summed E-state index contributed by atoms with van der Waals surface area (Å²) in [6.07, 6.45) is 1.96. The molecule has 1 atom stereocenters. The van der Waals surface area contributed by atoms with Gasteiger partial charge >= 0.3 is 0 Å². The lowest BCUT2D eigenvalue weighted by molar-refractivity contribution is -0.385. The predicted molar refractivity (Wildman–Crippen MR) is 97.2 cm³/mol. The van der Waals surface area contributed by atoms with E-state index in [0.29, 0.717) is 19.5 Å². The van der Waals surface area contributed by atoms with Crippen LogP contribution in [0.5, 0.6) is 0 Å². The SMILES string of the molecule is C[C@@H](C(=O)Nc1cccc(Br)c1)N1CCc2ncc([N+](=O)[O-])cc2C1. The van der Waals surface area contributed by atoms with Crippen molar-refractivity contribution in [1.82, 2.24) is 9.88 Å². The van der Waals surface area contributed by atoms with E-state index in [0.717, 1.165) is 21.4 Å². The molecule has 8 heteroatoms. The Morgan fingerprint density at radius 1 is 1.44 bits per heavy atom. The molecule has 0 aliphatic carbocycles. The lowest BCUT2D eigenvalue weighted by atomic mass is 10.0. The molecule has 7 nitrogen and oxygen atoms in total. The van der Waals surface area contributed by atoms with Crippen LogP contribution >= 0.6 is 15.9 Å². The molecule has 0 fully saturated rings. The molecular weight excluding hydrogens is 388 g/mol. The van der Waals surface area contributed by atoms with Crippen molar-refractivity contribution < 1.29 is 9.72 Å². The van der Waals surface area contributed by atoms with Gasteiger partial charge in [0.25, 0.3) is 5.69 Å². The highest BCUT2D eigenvalue weighted by molar-refractivity contribution is 9.10. The monoisotopic (exact) mass is 404 g/mol. The number of nitrogens with zero attached hydrogens (tertiary/aromatic N) is 3. The van der Waals surface area contributed by atoms with E-state index in [1.54, 1.807) is 6.07 Å². The molecule has 2 heterocycles. The Bertz CT molecular complexity index is 827. The highest BCUT2D eigenvalue weighted by atomic mass is 79.9. The lowest BCUT2D eigenvalue weighted by Gasteiger charge is -2.32. The van der Waals surface area contributed by atoms with Crippen LogP contribution in [0.15, 0.2) is 41.0 Å². The Balaban J connectivity index is 1.71. The van der Waals surface area contributed by atoms with Crippen molar-refractivity contribution in [3.05, 3.63) is 62.4 Å². The van der Waals surface area contributed by atoms with Crippen LogP contribution in [0.2, 0.25) is 0 Å². The van der Waals surface area contributed by atoms with Crippen molar-refractivity contribution in [3.8, 4) is 0 Å². The molecule has 0 radical (unpaired) electrons. The number of anilines is 1. The third-order valence-corrected chi connectivity index (χ3v) is 4.78. The summed E-state index contributed by atoms with van der Waals surface area (Å²) in [5.74, 6) is -0.111. The Labute approximate surface area is 153 Å². The first kappa shape index (κ1) is 17.5. The number of nitro groups is 1. The molecule has 1 aromatic carbocycles. The maximum absolute atomic E-state index is 12.5. The number of aromatic nitrogens is 1. The molecule has 3 rings (SSSR count). The van der Waals surface area contributed by atoms with Crippen LogP contribution in [0.3, 0.4) is 0 Å². The average molecular weight is 405 g/mol. The fourth-order valence-corrected chi connectivity index (χ4v) is 3.24. The zero-order valence-corrected chi connectivity index (χ0v) is 15.2. The summed E-state index contributed by atoms with van der Waals surface area (Å²) in [6.45, 7) is 2.99. The third kappa shape index (κ3) is 4.02. The first-order chi connectivity index (χ1) is 11.9.